The Balaban J connectivity index is 2.07. The number of hydrogen-bond donors (Lipinski definition) is 0. The van der Waals surface area contributed by atoms with Gasteiger partial charge in [-0.1, -0.05) is 26.7 Å². The van der Waals surface area contributed by atoms with Crippen molar-refractivity contribution < 1.29 is 0 Å². The smallest absolute Gasteiger partial charge is 0.0295 e. The molecule has 0 aromatic heterocycles. The van der Waals surface area contributed by atoms with Crippen molar-refractivity contribution in [1.29, 1.82) is 0 Å². The second-order valence-corrected chi connectivity index (χ2v) is 5.18. The van der Waals surface area contributed by atoms with Gasteiger partial charge < -0.3 is 0 Å². The summed E-state index contributed by atoms with van der Waals surface area (Å²) in [7, 11) is 0. The fraction of sp³-hybridized carbons (Fsp3) is 1.00. The largest absolute Gasteiger partial charge is 0.0651 e. The first-order valence-corrected chi connectivity index (χ1v) is 5.78. The molecule has 2 fully saturated rings. The van der Waals surface area contributed by atoms with Crippen LogP contribution in [0.3, 0.4) is 0 Å². The van der Waals surface area contributed by atoms with E-state index in [1.165, 1.54) is 12.8 Å². The van der Waals surface area contributed by atoms with Crippen LogP contribution in [0.15, 0.2) is 0 Å². The van der Waals surface area contributed by atoms with Crippen LogP contribution in [0.2, 0.25) is 0 Å². The summed E-state index contributed by atoms with van der Waals surface area (Å²) >= 11 is 0. The molecule has 0 amide bonds. The van der Waals surface area contributed by atoms with Gasteiger partial charge in [0.2, 0.25) is 0 Å². The Morgan fingerprint density at radius 3 is 2.75 bits per heavy atom. The molecule has 0 aliphatic heterocycles. The Labute approximate surface area is 76.7 Å². The third-order valence-electron chi connectivity index (χ3n) is 4.52. The van der Waals surface area contributed by atoms with Gasteiger partial charge >= 0.3 is 0 Å². The van der Waals surface area contributed by atoms with E-state index in [1.54, 1.807) is 32.1 Å². The van der Waals surface area contributed by atoms with Crippen molar-refractivity contribution >= 4 is 0 Å². The molecule has 0 saturated heterocycles. The van der Waals surface area contributed by atoms with Gasteiger partial charge in [-0.05, 0) is 49.4 Å². The van der Waals surface area contributed by atoms with Crippen molar-refractivity contribution in [3.8, 4) is 0 Å². The van der Waals surface area contributed by atoms with Crippen LogP contribution in [0, 0.1) is 17.3 Å². The molecule has 3 unspecified atom stereocenters. The lowest BCUT2D eigenvalue weighted by Gasteiger charge is -2.37. The lowest BCUT2D eigenvalue weighted by Crippen LogP contribution is -2.25. The Morgan fingerprint density at radius 1 is 1.25 bits per heavy atom. The van der Waals surface area contributed by atoms with E-state index in [0.29, 0.717) is 0 Å². The van der Waals surface area contributed by atoms with E-state index in [0.717, 1.165) is 17.3 Å². The van der Waals surface area contributed by atoms with Gasteiger partial charge in [-0.2, -0.15) is 0 Å². The maximum Gasteiger partial charge on any atom is -0.0295 e. The van der Waals surface area contributed by atoms with Crippen LogP contribution in [0.1, 0.15) is 58.8 Å². The highest BCUT2D eigenvalue weighted by molar-refractivity contribution is 4.94. The molecular formula is C12H22. The minimum Gasteiger partial charge on any atom is -0.0651 e. The van der Waals surface area contributed by atoms with Crippen LogP contribution in [-0.2, 0) is 0 Å². The van der Waals surface area contributed by atoms with Gasteiger partial charge in [0, 0.05) is 0 Å². The molecule has 3 atom stereocenters. The van der Waals surface area contributed by atoms with Crippen LogP contribution in [0.25, 0.3) is 0 Å². The number of hydrogen-bond acceptors (Lipinski definition) is 0. The molecule has 0 radical (unpaired) electrons. The molecule has 0 N–H and O–H groups in total. The molecule has 70 valence electrons. The van der Waals surface area contributed by atoms with Crippen molar-refractivity contribution in [1.82, 2.24) is 0 Å². The molecule has 12 heavy (non-hydrogen) atoms. The summed E-state index contributed by atoms with van der Waals surface area (Å²) in [4.78, 5) is 0. The van der Waals surface area contributed by atoms with Crippen LogP contribution in [-0.4, -0.2) is 0 Å². The topological polar surface area (TPSA) is 0 Å². The van der Waals surface area contributed by atoms with E-state index in [1.807, 2.05) is 0 Å². The summed E-state index contributed by atoms with van der Waals surface area (Å²) in [6.45, 7) is 4.78. The van der Waals surface area contributed by atoms with Gasteiger partial charge in [0.1, 0.15) is 0 Å². The van der Waals surface area contributed by atoms with Crippen molar-refractivity contribution in [3.05, 3.63) is 0 Å². The van der Waals surface area contributed by atoms with Gasteiger partial charge in [-0.25, -0.2) is 0 Å². The van der Waals surface area contributed by atoms with Gasteiger partial charge in [0.15, 0.2) is 0 Å². The zero-order valence-corrected chi connectivity index (χ0v) is 8.60. The van der Waals surface area contributed by atoms with Crippen LogP contribution in [0.4, 0.5) is 0 Å². The highest BCUT2D eigenvalue weighted by Crippen LogP contribution is 2.55. The molecule has 0 nitrogen and oxygen atoms in total. The Morgan fingerprint density at radius 2 is 2.08 bits per heavy atom. The highest BCUT2D eigenvalue weighted by Gasteiger charge is 2.43. The quantitative estimate of drug-likeness (QED) is 0.581. The summed E-state index contributed by atoms with van der Waals surface area (Å²) in [5, 5.41) is 0. The molecule has 2 aliphatic rings. The first-order chi connectivity index (χ1) is 5.78. The molecule has 2 aliphatic carbocycles. The van der Waals surface area contributed by atoms with E-state index < -0.39 is 0 Å². The molecule has 2 rings (SSSR count). The third kappa shape index (κ3) is 1.30. The molecule has 0 aromatic carbocycles. The van der Waals surface area contributed by atoms with E-state index in [9.17, 15) is 0 Å². The lowest BCUT2D eigenvalue weighted by atomic mass is 9.69. The second kappa shape index (κ2) is 3.05. The van der Waals surface area contributed by atoms with E-state index >= 15 is 0 Å². The zero-order valence-electron chi connectivity index (χ0n) is 8.60. The van der Waals surface area contributed by atoms with E-state index in [4.69, 9.17) is 0 Å². The summed E-state index contributed by atoms with van der Waals surface area (Å²) in [5.41, 5.74) is 0.809. The van der Waals surface area contributed by atoms with Gasteiger partial charge in [-0.3, -0.25) is 0 Å². The summed E-state index contributed by atoms with van der Waals surface area (Å²) < 4.78 is 0. The number of fused-ring (bicyclic) bond motifs is 2. The molecule has 2 saturated carbocycles. The molecule has 0 spiro atoms. The number of rotatable bonds is 2. The molecule has 0 heteroatoms. The monoisotopic (exact) mass is 166 g/mol. The fourth-order valence-corrected chi connectivity index (χ4v) is 3.66. The molecular weight excluding hydrogens is 144 g/mol. The third-order valence-corrected chi connectivity index (χ3v) is 4.52. The summed E-state index contributed by atoms with van der Waals surface area (Å²) in [6, 6.07) is 0. The van der Waals surface area contributed by atoms with Crippen molar-refractivity contribution in [3.63, 3.8) is 0 Å². The van der Waals surface area contributed by atoms with Gasteiger partial charge in [0.25, 0.3) is 0 Å². The average molecular weight is 166 g/mol. The summed E-state index contributed by atoms with van der Waals surface area (Å²) in [6.07, 6.45) is 10.6. The lowest BCUT2D eigenvalue weighted by molar-refractivity contribution is 0.144. The van der Waals surface area contributed by atoms with Crippen LogP contribution in [0.5, 0.6) is 0 Å². The van der Waals surface area contributed by atoms with Crippen LogP contribution >= 0.6 is 0 Å². The predicted molar refractivity (Wildman–Crippen MR) is 53.1 cm³/mol. The maximum atomic E-state index is 2.40. The Hall–Kier alpha value is 0. The normalized spacial score (nSPS) is 46.5. The standard InChI is InChI=1S/C12H22/c1-3-10-7-11-5-6-12(4-2,8-10)9-11/h10-11H,3-9H2,1-2H3. The fourth-order valence-electron chi connectivity index (χ4n) is 3.66. The minimum absolute atomic E-state index is 0.809. The first kappa shape index (κ1) is 8.59. The maximum absolute atomic E-state index is 2.40. The average Bonchev–Trinajstić information content (AvgIpc) is 2.43. The predicted octanol–water partition coefficient (Wildman–Crippen LogP) is 4.00. The van der Waals surface area contributed by atoms with E-state index in [-0.39, 0.29) is 0 Å². The Kier molecular flexibility index (Phi) is 2.18. The van der Waals surface area contributed by atoms with Crippen molar-refractivity contribution in [2.24, 2.45) is 17.3 Å². The van der Waals surface area contributed by atoms with Crippen molar-refractivity contribution in [2.45, 2.75) is 58.8 Å². The van der Waals surface area contributed by atoms with Crippen molar-refractivity contribution in [2.75, 3.05) is 0 Å². The second-order valence-electron chi connectivity index (χ2n) is 5.18. The summed E-state index contributed by atoms with van der Waals surface area (Å²) in [5.74, 6) is 2.19. The van der Waals surface area contributed by atoms with Gasteiger partial charge in [0.05, 0.1) is 0 Å². The van der Waals surface area contributed by atoms with E-state index in [2.05, 4.69) is 13.8 Å². The zero-order chi connectivity index (χ0) is 8.60. The highest BCUT2D eigenvalue weighted by atomic mass is 14.5. The SMILES string of the molecule is CCC1CC2CCC(CC)(C1)C2. The van der Waals surface area contributed by atoms with Gasteiger partial charge in [-0.15, -0.1) is 0 Å². The minimum atomic E-state index is 0.809. The Bertz CT molecular complexity index is 161. The van der Waals surface area contributed by atoms with Crippen LogP contribution < -0.4 is 0 Å². The molecule has 0 aromatic rings. The molecule has 0 heterocycles. The molecule has 2 bridgehead atoms. The first-order valence-electron chi connectivity index (χ1n) is 5.78.